The lowest BCUT2D eigenvalue weighted by molar-refractivity contribution is -0.156. The molecular weight excluding hydrogens is 477 g/mol. The van der Waals surface area contributed by atoms with Gasteiger partial charge in [-0.2, -0.15) is 22.0 Å². The highest BCUT2D eigenvalue weighted by atomic mass is 35.5. The Bertz CT molecular complexity index is 1180. The second-order valence-corrected chi connectivity index (χ2v) is 7.06. The Labute approximate surface area is 188 Å². The van der Waals surface area contributed by atoms with Gasteiger partial charge in [0.25, 0.3) is 5.91 Å². The quantitative estimate of drug-likeness (QED) is 0.376. The number of hydrogen-bond donors (Lipinski definition) is 1. The summed E-state index contributed by atoms with van der Waals surface area (Å²) in [6.45, 7) is -2.72. The first kappa shape index (κ1) is 24.2. The van der Waals surface area contributed by atoms with Crippen molar-refractivity contribution in [2.24, 2.45) is 0 Å². The summed E-state index contributed by atoms with van der Waals surface area (Å²) in [6, 6.07) is 9.19. The topological polar surface area (TPSA) is 82.5 Å². The summed E-state index contributed by atoms with van der Waals surface area (Å²) in [4.78, 5) is 28.1. The van der Waals surface area contributed by atoms with E-state index in [-0.39, 0.29) is 27.5 Å². The van der Waals surface area contributed by atoms with Crippen LogP contribution in [0.15, 0.2) is 42.5 Å². The molecule has 0 saturated heterocycles. The minimum absolute atomic E-state index is 0.0413. The number of amides is 1. The number of carbonyl (C=O) groups excluding carboxylic acids is 2. The molecule has 1 amide bonds. The van der Waals surface area contributed by atoms with Crippen LogP contribution in [0.3, 0.4) is 0 Å². The molecule has 13 heteroatoms. The molecule has 176 valence electrons. The first-order valence-electron chi connectivity index (χ1n) is 9.23. The Morgan fingerprint density at radius 1 is 1.18 bits per heavy atom. The van der Waals surface area contributed by atoms with Gasteiger partial charge in [0.15, 0.2) is 6.10 Å². The van der Waals surface area contributed by atoms with Crippen LogP contribution in [0.25, 0.3) is 11.0 Å². The number of aromatic nitrogens is 2. The summed E-state index contributed by atoms with van der Waals surface area (Å²) in [5.41, 5.74) is 0.202. The second-order valence-electron chi connectivity index (χ2n) is 6.65. The highest BCUT2D eigenvalue weighted by Crippen LogP contribution is 2.32. The van der Waals surface area contributed by atoms with E-state index in [2.05, 4.69) is 15.0 Å². The lowest BCUT2D eigenvalue weighted by Crippen LogP contribution is -2.31. The average molecular weight is 492 g/mol. The van der Waals surface area contributed by atoms with E-state index in [1.807, 2.05) is 0 Å². The molecule has 0 aliphatic rings. The summed E-state index contributed by atoms with van der Waals surface area (Å²) < 4.78 is 74.4. The fourth-order valence-corrected chi connectivity index (χ4v) is 3.11. The number of para-hydroxylation sites is 2. The number of carbonyl (C=O) groups is 2. The molecule has 3 aromatic rings. The fourth-order valence-electron chi connectivity index (χ4n) is 2.88. The smallest absolute Gasteiger partial charge is 0.449 e. The summed E-state index contributed by atoms with van der Waals surface area (Å²) in [7, 11) is 0. The van der Waals surface area contributed by atoms with Gasteiger partial charge in [-0.3, -0.25) is 9.59 Å². The number of ether oxygens (including phenoxy) is 2. The average Bonchev–Trinajstić information content (AvgIpc) is 3.08. The Balaban J connectivity index is 1.68. The van der Waals surface area contributed by atoms with Crippen LogP contribution in [0.5, 0.6) is 5.75 Å². The number of anilines is 1. The Morgan fingerprint density at radius 2 is 1.88 bits per heavy atom. The van der Waals surface area contributed by atoms with E-state index < -0.39 is 43.1 Å². The van der Waals surface area contributed by atoms with E-state index in [9.17, 15) is 31.5 Å². The maximum atomic E-state index is 13.3. The van der Waals surface area contributed by atoms with Crippen LogP contribution in [-0.4, -0.2) is 34.1 Å². The number of nitrogens with zero attached hydrogens (tertiary/aromatic N) is 2. The van der Waals surface area contributed by atoms with Gasteiger partial charge in [0, 0.05) is 5.69 Å². The van der Waals surface area contributed by atoms with Crippen molar-refractivity contribution in [3.63, 3.8) is 0 Å². The Morgan fingerprint density at radius 3 is 2.52 bits per heavy atom. The van der Waals surface area contributed by atoms with Crippen LogP contribution >= 0.6 is 11.6 Å². The number of halogens is 6. The van der Waals surface area contributed by atoms with E-state index >= 15 is 0 Å². The lowest BCUT2D eigenvalue weighted by atomic mass is 10.2. The van der Waals surface area contributed by atoms with Crippen LogP contribution in [0.2, 0.25) is 5.02 Å². The van der Waals surface area contributed by atoms with Crippen LogP contribution in [-0.2, 0) is 27.0 Å². The van der Waals surface area contributed by atoms with Crippen LogP contribution < -0.4 is 10.1 Å². The molecule has 0 aliphatic heterocycles. The maximum absolute atomic E-state index is 13.3. The monoisotopic (exact) mass is 491 g/mol. The largest absolute Gasteiger partial charge is 0.451 e. The van der Waals surface area contributed by atoms with E-state index in [1.54, 1.807) is 0 Å². The van der Waals surface area contributed by atoms with Gasteiger partial charge in [0.2, 0.25) is 5.82 Å². The predicted molar refractivity (Wildman–Crippen MR) is 107 cm³/mol. The summed E-state index contributed by atoms with van der Waals surface area (Å²) in [5, 5.41) is 2.15. The Hall–Kier alpha value is -3.41. The standard InChI is InChI=1S/C20H15ClF5N3O4/c1-10(17(31)27-11-6-7-15(12(21)8-11)33-19(22)23)32-16(30)9-29-14-5-3-2-4-13(14)28-18(29)20(24,25)26/h2-8,10,19H,9H2,1H3,(H,27,31). The highest BCUT2D eigenvalue weighted by molar-refractivity contribution is 6.32. The molecule has 0 saturated carbocycles. The first-order valence-corrected chi connectivity index (χ1v) is 9.60. The van der Waals surface area contributed by atoms with Gasteiger partial charge < -0.3 is 19.4 Å². The zero-order valence-electron chi connectivity index (χ0n) is 16.7. The molecule has 1 N–H and O–H groups in total. The molecule has 2 aromatic carbocycles. The number of benzene rings is 2. The minimum atomic E-state index is -4.82. The number of rotatable bonds is 7. The van der Waals surface area contributed by atoms with Crippen molar-refractivity contribution in [3.05, 3.63) is 53.3 Å². The molecule has 7 nitrogen and oxygen atoms in total. The van der Waals surface area contributed by atoms with Crippen molar-refractivity contribution < 1.29 is 41.0 Å². The van der Waals surface area contributed by atoms with Crippen LogP contribution in [0.4, 0.5) is 27.6 Å². The van der Waals surface area contributed by atoms with Crippen molar-refractivity contribution in [1.82, 2.24) is 9.55 Å². The second kappa shape index (κ2) is 9.61. The molecule has 1 aromatic heterocycles. The molecule has 1 heterocycles. The molecule has 1 atom stereocenters. The van der Waals surface area contributed by atoms with Crippen molar-refractivity contribution in [1.29, 1.82) is 0 Å². The molecule has 0 fully saturated rings. The molecule has 33 heavy (non-hydrogen) atoms. The van der Waals surface area contributed by atoms with Gasteiger partial charge in [-0.15, -0.1) is 0 Å². The van der Waals surface area contributed by atoms with Gasteiger partial charge >= 0.3 is 18.8 Å². The number of hydrogen-bond acceptors (Lipinski definition) is 5. The number of esters is 1. The third kappa shape index (κ3) is 5.89. The van der Waals surface area contributed by atoms with Crippen LogP contribution in [0.1, 0.15) is 12.7 Å². The molecule has 1 unspecified atom stereocenters. The van der Waals surface area contributed by atoms with Gasteiger partial charge in [0.05, 0.1) is 16.1 Å². The van der Waals surface area contributed by atoms with Gasteiger partial charge in [-0.05, 0) is 37.3 Å². The zero-order chi connectivity index (χ0) is 24.3. The lowest BCUT2D eigenvalue weighted by Gasteiger charge is -2.16. The fraction of sp³-hybridized carbons (Fsp3) is 0.250. The molecule has 0 spiro atoms. The van der Waals surface area contributed by atoms with Crippen molar-refractivity contribution in [3.8, 4) is 5.75 Å². The summed E-state index contributed by atoms with van der Waals surface area (Å²) in [5.74, 6) is -3.52. The molecule has 0 radical (unpaired) electrons. The van der Waals surface area contributed by atoms with Crippen molar-refractivity contribution in [2.45, 2.75) is 32.4 Å². The van der Waals surface area contributed by atoms with E-state index in [0.29, 0.717) is 4.57 Å². The maximum Gasteiger partial charge on any atom is 0.449 e. The SMILES string of the molecule is CC(OC(=O)Cn1c(C(F)(F)F)nc2ccccc21)C(=O)Nc1ccc(OC(F)F)c(Cl)c1. The minimum Gasteiger partial charge on any atom is -0.451 e. The summed E-state index contributed by atoms with van der Waals surface area (Å²) >= 11 is 5.80. The normalized spacial score (nSPS) is 12.6. The highest BCUT2D eigenvalue weighted by Gasteiger charge is 2.38. The van der Waals surface area contributed by atoms with Crippen molar-refractivity contribution >= 4 is 40.2 Å². The van der Waals surface area contributed by atoms with E-state index in [0.717, 1.165) is 12.1 Å². The van der Waals surface area contributed by atoms with E-state index in [1.165, 1.54) is 37.3 Å². The van der Waals surface area contributed by atoms with Gasteiger partial charge in [0.1, 0.15) is 12.3 Å². The first-order chi connectivity index (χ1) is 15.5. The molecule has 3 rings (SSSR count). The third-order valence-corrected chi connectivity index (χ3v) is 4.58. The summed E-state index contributed by atoms with van der Waals surface area (Å²) in [6.07, 6.45) is -6.21. The number of imidazole rings is 1. The van der Waals surface area contributed by atoms with Gasteiger partial charge in [-0.1, -0.05) is 23.7 Å². The zero-order valence-corrected chi connectivity index (χ0v) is 17.5. The molecule has 0 aliphatic carbocycles. The predicted octanol–water partition coefficient (Wildman–Crippen LogP) is 4.88. The number of fused-ring (bicyclic) bond motifs is 1. The number of alkyl halides is 5. The Kier molecular flexibility index (Phi) is 7.06. The molecule has 0 bridgehead atoms. The third-order valence-electron chi connectivity index (χ3n) is 4.29. The van der Waals surface area contributed by atoms with Crippen LogP contribution in [0, 0.1) is 0 Å². The molecular formula is C20H15ClF5N3O4. The number of nitrogens with one attached hydrogen (secondary N) is 1. The van der Waals surface area contributed by atoms with E-state index in [4.69, 9.17) is 16.3 Å². The van der Waals surface area contributed by atoms with Gasteiger partial charge in [-0.25, -0.2) is 4.98 Å². The van der Waals surface area contributed by atoms with Crippen molar-refractivity contribution in [2.75, 3.05) is 5.32 Å².